The van der Waals surface area contributed by atoms with Crippen LogP contribution in [0.3, 0.4) is 0 Å². The summed E-state index contributed by atoms with van der Waals surface area (Å²) in [4.78, 5) is 0. The third-order valence-electron chi connectivity index (χ3n) is 2.95. The summed E-state index contributed by atoms with van der Waals surface area (Å²) in [5.74, 6) is -0.392. The molecule has 0 aliphatic heterocycles. The van der Waals surface area contributed by atoms with Gasteiger partial charge in [0.05, 0.1) is 5.02 Å². The molecule has 2 aromatic carbocycles. The van der Waals surface area contributed by atoms with Crippen LogP contribution in [0.4, 0.5) is 4.39 Å². The van der Waals surface area contributed by atoms with Gasteiger partial charge < -0.3 is 5.32 Å². The third kappa shape index (κ3) is 3.93. The van der Waals surface area contributed by atoms with Crippen LogP contribution in [0.1, 0.15) is 24.1 Å². The minimum absolute atomic E-state index is 0.137. The molecule has 0 amide bonds. The van der Waals surface area contributed by atoms with Crippen molar-refractivity contribution in [2.75, 3.05) is 0 Å². The predicted octanol–water partition coefficient (Wildman–Crippen LogP) is 4.98. The average Bonchev–Trinajstić information content (AvgIpc) is 2.40. The normalized spacial score (nSPS) is 12.4. The smallest absolute Gasteiger partial charge is 0.142 e. The minimum Gasteiger partial charge on any atom is -0.306 e. The first-order valence-corrected chi connectivity index (χ1v) is 6.74. The summed E-state index contributed by atoms with van der Waals surface area (Å²) in [5, 5.41) is 4.18. The lowest BCUT2D eigenvalue weighted by molar-refractivity contribution is 0.569. The Morgan fingerprint density at radius 3 is 2.63 bits per heavy atom. The summed E-state index contributed by atoms with van der Waals surface area (Å²) < 4.78 is 13.3. The molecule has 0 saturated heterocycles. The summed E-state index contributed by atoms with van der Waals surface area (Å²) in [6.45, 7) is 2.61. The molecule has 0 saturated carbocycles. The second-order valence-electron chi connectivity index (χ2n) is 4.41. The quantitative estimate of drug-likeness (QED) is 0.839. The van der Waals surface area contributed by atoms with Crippen molar-refractivity contribution in [1.82, 2.24) is 5.32 Å². The fourth-order valence-corrected chi connectivity index (χ4v) is 2.13. The van der Waals surface area contributed by atoms with E-state index in [4.69, 9.17) is 23.2 Å². The number of halogens is 3. The van der Waals surface area contributed by atoms with E-state index >= 15 is 0 Å². The fraction of sp³-hybridized carbons (Fsp3) is 0.200. The molecule has 1 atom stereocenters. The largest absolute Gasteiger partial charge is 0.306 e. The molecule has 0 spiro atoms. The van der Waals surface area contributed by atoms with E-state index in [9.17, 15) is 4.39 Å². The summed E-state index contributed by atoms with van der Waals surface area (Å²) in [6, 6.07) is 12.6. The maximum atomic E-state index is 13.3. The highest BCUT2D eigenvalue weighted by Crippen LogP contribution is 2.19. The van der Waals surface area contributed by atoms with Crippen molar-refractivity contribution in [3.8, 4) is 0 Å². The zero-order valence-electron chi connectivity index (χ0n) is 10.5. The van der Waals surface area contributed by atoms with Crippen molar-refractivity contribution < 1.29 is 4.39 Å². The molecule has 4 heteroatoms. The zero-order valence-corrected chi connectivity index (χ0v) is 12.0. The van der Waals surface area contributed by atoms with Gasteiger partial charge in [-0.15, -0.1) is 0 Å². The molecular formula is C15H14Cl2FN. The Bertz CT molecular complexity index is 572. The van der Waals surface area contributed by atoms with Crippen LogP contribution < -0.4 is 5.32 Å². The third-order valence-corrected chi connectivity index (χ3v) is 3.49. The highest BCUT2D eigenvalue weighted by atomic mass is 35.5. The highest BCUT2D eigenvalue weighted by molar-refractivity contribution is 6.30. The zero-order chi connectivity index (χ0) is 13.8. The van der Waals surface area contributed by atoms with Crippen molar-refractivity contribution in [3.63, 3.8) is 0 Å². The van der Waals surface area contributed by atoms with Crippen molar-refractivity contribution in [3.05, 3.63) is 69.5 Å². The van der Waals surface area contributed by atoms with Crippen LogP contribution in [0, 0.1) is 5.82 Å². The fourth-order valence-electron chi connectivity index (χ4n) is 1.81. The van der Waals surface area contributed by atoms with E-state index in [1.165, 1.54) is 6.07 Å². The van der Waals surface area contributed by atoms with Gasteiger partial charge in [0.25, 0.3) is 0 Å². The molecule has 0 bridgehead atoms. The van der Waals surface area contributed by atoms with Gasteiger partial charge in [-0.25, -0.2) is 4.39 Å². The number of hydrogen-bond donors (Lipinski definition) is 1. The second kappa shape index (κ2) is 6.38. The van der Waals surface area contributed by atoms with Crippen LogP contribution in [-0.2, 0) is 6.54 Å². The molecule has 19 heavy (non-hydrogen) atoms. The topological polar surface area (TPSA) is 12.0 Å². The van der Waals surface area contributed by atoms with E-state index < -0.39 is 5.82 Å². The van der Waals surface area contributed by atoms with Gasteiger partial charge in [0, 0.05) is 17.6 Å². The van der Waals surface area contributed by atoms with Gasteiger partial charge in [-0.05, 0) is 42.3 Å². The molecule has 0 aliphatic carbocycles. The maximum absolute atomic E-state index is 13.3. The van der Waals surface area contributed by atoms with E-state index in [0.717, 1.165) is 11.1 Å². The average molecular weight is 298 g/mol. The SMILES string of the molecule is CC(NCc1ccc(Cl)c(F)c1)c1cccc(Cl)c1. The standard InChI is InChI=1S/C15H14Cl2FN/c1-10(12-3-2-4-13(16)8-12)19-9-11-5-6-14(17)15(18)7-11/h2-8,10,19H,9H2,1H3. The lowest BCUT2D eigenvalue weighted by Crippen LogP contribution is -2.18. The van der Waals surface area contributed by atoms with Crippen LogP contribution in [0.2, 0.25) is 10.0 Å². The Morgan fingerprint density at radius 1 is 1.16 bits per heavy atom. The van der Waals surface area contributed by atoms with Crippen LogP contribution in [0.5, 0.6) is 0 Å². The van der Waals surface area contributed by atoms with Crippen LogP contribution in [0.25, 0.3) is 0 Å². The first-order chi connectivity index (χ1) is 9.06. The van der Waals surface area contributed by atoms with E-state index in [0.29, 0.717) is 11.6 Å². The van der Waals surface area contributed by atoms with E-state index in [2.05, 4.69) is 5.32 Å². The lowest BCUT2D eigenvalue weighted by atomic mass is 10.1. The minimum atomic E-state index is -0.392. The molecule has 0 aromatic heterocycles. The summed E-state index contributed by atoms with van der Waals surface area (Å²) >= 11 is 11.6. The molecule has 1 nitrogen and oxygen atoms in total. The molecule has 2 rings (SSSR count). The van der Waals surface area contributed by atoms with Gasteiger partial charge in [-0.1, -0.05) is 41.4 Å². The Morgan fingerprint density at radius 2 is 1.95 bits per heavy atom. The van der Waals surface area contributed by atoms with Crippen LogP contribution in [0.15, 0.2) is 42.5 Å². The summed E-state index contributed by atoms with van der Waals surface area (Å²) in [5.41, 5.74) is 1.96. The van der Waals surface area contributed by atoms with Gasteiger partial charge in [0.15, 0.2) is 0 Å². The Labute approximate surface area is 122 Å². The predicted molar refractivity (Wildman–Crippen MR) is 78.1 cm³/mol. The van der Waals surface area contributed by atoms with E-state index in [1.54, 1.807) is 6.07 Å². The summed E-state index contributed by atoms with van der Waals surface area (Å²) in [7, 11) is 0. The van der Waals surface area contributed by atoms with E-state index in [-0.39, 0.29) is 11.1 Å². The number of nitrogens with one attached hydrogen (secondary N) is 1. The van der Waals surface area contributed by atoms with Gasteiger partial charge in [0.1, 0.15) is 5.82 Å². The Hall–Kier alpha value is -1.09. The molecule has 0 aliphatic rings. The molecule has 1 N–H and O–H groups in total. The molecular weight excluding hydrogens is 284 g/mol. The van der Waals surface area contributed by atoms with E-state index in [1.807, 2.05) is 37.3 Å². The van der Waals surface area contributed by atoms with Crippen molar-refractivity contribution >= 4 is 23.2 Å². The van der Waals surface area contributed by atoms with Gasteiger partial charge >= 0.3 is 0 Å². The second-order valence-corrected chi connectivity index (χ2v) is 5.25. The van der Waals surface area contributed by atoms with Crippen LogP contribution in [-0.4, -0.2) is 0 Å². The number of benzene rings is 2. The molecule has 2 aromatic rings. The molecule has 0 fully saturated rings. The van der Waals surface area contributed by atoms with Crippen molar-refractivity contribution in [2.45, 2.75) is 19.5 Å². The van der Waals surface area contributed by atoms with Crippen LogP contribution >= 0.6 is 23.2 Å². The number of hydrogen-bond acceptors (Lipinski definition) is 1. The van der Waals surface area contributed by atoms with Crippen molar-refractivity contribution in [1.29, 1.82) is 0 Å². The first-order valence-electron chi connectivity index (χ1n) is 5.99. The monoisotopic (exact) mass is 297 g/mol. The first kappa shape index (κ1) is 14.3. The van der Waals surface area contributed by atoms with Gasteiger partial charge in [0.2, 0.25) is 0 Å². The molecule has 0 radical (unpaired) electrons. The molecule has 100 valence electrons. The number of rotatable bonds is 4. The summed E-state index contributed by atoms with van der Waals surface area (Å²) in [6.07, 6.45) is 0. The highest BCUT2D eigenvalue weighted by Gasteiger charge is 2.06. The molecule has 1 unspecified atom stereocenters. The maximum Gasteiger partial charge on any atom is 0.142 e. The molecule has 0 heterocycles. The lowest BCUT2D eigenvalue weighted by Gasteiger charge is -2.14. The van der Waals surface area contributed by atoms with Gasteiger partial charge in [-0.3, -0.25) is 0 Å². The van der Waals surface area contributed by atoms with Crippen molar-refractivity contribution in [2.24, 2.45) is 0 Å². The Kier molecular flexibility index (Phi) is 4.81. The van der Waals surface area contributed by atoms with Gasteiger partial charge in [-0.2, -0.15) is 0 Å². The Balaban J connectivity index is 2.00.